The van der Waals surface area contributed by atoms with Gasteiger partial charge in [-0.15, -0.1) is 11.3 Å². The Bertz CT molecular complexity index is 2550. The van der Waals surface area contributed by atoms with E-state index < -0.39 is 0 Å². The third kappa shape index (κ3) is 3.51. The van der Waals surface area contributed by atoms with Gasteiger partial charge >= 0.3 is 0 Å². The third-order valence-electron chi connectivity index (χ3n) is 8.76. The van der Waals surface area contributed by atoms with E-state index in [2.05, 4.69) is 88.3 Å². The minimum absolute atomic E-state index is 0.589. The summed E-state index contributed by atoms with van der Waals surface area (Å²) in [5.74, 6) is 1.87. The van der Waals surface area contributed by atoms with Crippen LogP contribution in [0.25, 0.3) is 70.4 Å². The Hall–Kier alpha value is -5.85. The maximum atomic E-state index is 5.14. The number of para-hydroxylation sites is 3. The molecule has 1 aliphatic rings. The van der Waals surface area contributed by atoms with Gasteiger partial charge in [-0.1, -0.05) is 115 Å². The largest absolute Gasteiger partial charge is 0.304 e. The lowest BCUT2D eigenvalue weighted by Crippen LogP contribution is -2.21. The fraction of sp³-hybridized carbons (Fsp3) is 0. The van der Waals surface area contributed by atoms with Gasteiger partial charge in [-0.25, -0.2) is 4.98 Å². The van der Waals surface area contributed by atoms with Crippen molar-refractivity contribution in [3.63, 3.8) is 0 Å². The molecule has 0 radical (unpaired) electrons. The number of thiophene rings is 1. The summed E-state index contributed by atoms with van der Waals surface area (Å²) in [4.78, 5) is 17.4. The van der Waals surface area contributed by atoms with Crippen LogP contribution >= 0.6 is 11.3 Å². The minimum Gasteiger partial charge on any atom is -0.304 e. The molecule has 6 aromatic carbocycles. The van der Waals surface area contributed by atoms with E-state index in [9.17, 15) is 0 Å². The Morgan fingerprint density at radius 2 is 1.00 bits per heavy atom. The molecule has 210 valence electrons. The summed E-state index contributed by atoms with van der Waals surface area (Å²) in [5, 5.41) is 5.05. The van der Waals surface area contributed by atoms with E-state index in [1.807, 2.05) is 72.0 Å². The highest BCUT2D eigenvalue weighted by Crippen LogP contribution is 2.51. The zero-order valence-electron chi connectivity index (χ0n) is 23.9. The van der Waals surface area contributed by atoms with Crippen LogP contribution in [0.2, 0.25) is 0 Å². The topological polar surface area (TPSA) is 46.8 Å². The van der Waals surface area contributed by atoms with Gasteiger partial charge in [0.25, 0.3) is 0 Å². The van der Waals surface area contributed by atoms with Crippen molar-refractivity contribution in [2.75, 3.05) is 4.90 Å². The van der Waals surface area contributed by atoms with Gasteiger partial charge in [0, 0.05) is 37.4 Å². The van der Waals surface area contributed by atoms with Crippen LogP contribution in [0.3, 0.4) is 0 Å². The second kappa shape index (κ2) is 9.32. The average Bonchev–Trinajstić information content (AvgIpc) is 3.66. The van der Waals surface area contributed by atoms with Crippen LogP contribution in [0.5, 0.6) is 0 Å². The summed E-state index contributed by atoms with van der Waals surface area (Å²) < 4.78 is 5.06. The van der Waals surface area contributed by atoms with Crippen molar-refractivity contribution in [2.24, 2.45) is 0 Å². The first-order valence-corrected chi connectivity index (χ1v) is 15.8. The number of hydrogen-bond donors (Lipinski definition) is 0. The number of anilines is 3. The molecule has 0 amide bonds. The fourth-order valence-corrected chi connectivity index (χ4v) is 8.06. The van der Waals surface area contributed by atoms with E-state index in [0.29, 0.717) is 17.6 Å². The van der Waals surface area contributed by atoms with Gasteiger partial charge in [0.05, 0.1) is 32.8 Å². The highest BCUT2D eigenvalue weighted by atomic mass is 32.1. The molecular weight excluding hydrogens is 571 g/mol. The monoisotopic (exact) mass is 593 g/mol. The van der Waals surface area contributed by atoms with E-state index in [1.54, 1.807) is 0 Å². The molecule has 9 aromatic rings. The Balaban J connectivity index is 1.31. The molecule has 6 heteroatoms. The maximum absolute atomic E-state index is 5.14. The Kier molecular flexibility index (Phi) is 5.09. The summed E-state index contributed by atoms with van der Waals surface area (Å²) >= 11 is 1.87. The molecule has 0 unspecified atom stereocenters. The van der Waals surface area contributed by atoms with Gasteiger partial charge in [-0.05, 0) is 24.3 Å². The first-order valence-electron chi connectivity index (χ1n) is 15.0. The van der Waals surface area contributed by atoms with Gasteiger partial charge in [-0.3, -0.25) is 4.90 Å². The maximum Gasteiger partial charge on any atom is 0.238 e. The molecule has 0 N–H and O–H groups in total. The number of aromatic nitrogens is 4. The lowest BCUT2D eigenvalue weighted by atomic mass is 10.1. The molecule has 1 aliphatic heterocycles. The number of rotatable bonds is 3. The number of hydrogen-bond acceptors (Lipinski definition) is 5. The van der Waals surface area contributed by atoms with Crippen molar-refractivity contribution in [3.05, 3.63) is 140 Å². The lowest BCUT2D eigenvalue weighted by Gasteiger charge is -2.31. The fourth-order valence-electron chi connectivity index (χ4n) is 6.82. The molecule has 0 spiro atoms. The normalized spacial score (nSPS) is 12.4. The highest BCUT2D eigenvalue weighted by molar-refractivity contribution is 7.26. The van der Waals surface area contributed by atoms with Crippen molar-refractivity contribution < 1.29 is 0 Å². The van der Waals surface area contributed by atoms with Crippen molar-refractivity contribution in [2.45, 2.75) is 0 Å². The first-order chi connectivity index (χ1) is 22.3. The van der Waals surface area contributed by atoms with Crippen molar-refractivity contribution in [1.29, 1.82) is 0 Å². The summed E-state index contributed by atoms with van der Waals surface area (Å²) in [6, 6.07) is 48.7. The van der Waals surface area contributed by atoms with Crippen LogP contribution in [0.1, 0.15) is 0 Å². The molecule has 0 bridgehead atoms. The Labute approximate surface area is 262 Å². The lowest BCUT2D eigenvalue weighted by molar-refractivity contribution is 1.00. The van der Waals surface area contributed by atoms with Gasteiger partial charge < -0.3 is 4.57 Å². The molecule has 0 saturated heterocycles. The molecule has 4 heterocycles. The van der Waals surface area contributed by atoms with E-state index >= 15 is 0 Å². The first kappa shape index (κ1) is 24.6. The molecule has 0 aliphatic carbocycles. The van der Waals surface area contributed by atoms with Gasteiger partial charge in [0.2, 0.25) is 5.95 Å². The zero-order chi connectivity index (χ0) is 29.5. The van der Waals surface area contributed by atoms with Gasteiger partial charge in [0.15, 0.2) is 11.6 Å². The second-order valence-electron chi connectivity index (χ2n) is 11.3. The van der Waals surface area contributed by atoms with Crippen molar-refractivity contribution >= 4 is 70.6 Å². The molecule has 45 heavy (non-hydrogen) atoms. The molecule has 10 rings (SSSR count). The smallest absolute Gasteiger partial charge is 0.238 e. The van der Waals surface area contributed by atoms with Gasteiger partial charge in [0.1, 0.15) is 0 Å². The third-order valence-corrected chi connectivity index (χ3v) is 9.96. The van der Waals surface area contributed by atoms with E-state index in [-0.39, 0.29) is 0 Å². The van der Waals surface area contributed by atoms with Crippen molar-refractivity contribution in [3.8, 4) is 28.5 Å². The summed E-state index contributed by atoms with van der Waals surface area (Å²) in [6.45, 7) is 0. The molecular formula is C39H23N5S. The number of fused-ring (bicyclic) bond motifs is 9. The van der Waals surface area contributed by atoms with E-state index in [4.69, 9.17) is 15.0 Å². The predicted octanol–water partition coefficient (Wildman–Crippen LogP) is 10.5. The molecule has 0 atom stereocenters. The van der Waals surface area contributed by atoms with Crippen LogP contribution in [0, 0.1) is 0 Å². The Morgan fingerprint density at radius 1 is 0.422 bits per heavy atom. The Morgan fingerprint density at radius 3 is 1.76 bits per heavy atom. The SMILES string of the molecule is c1ccc(-c2nc(-c3ccccc3)nc(N3c4ccccc4-n4c5c3cccc5c3ccc5c6ccccc6sc5c34)n2)cc1. The van der Waals surface area contributed by atoms with E-state index in [1.165, 1.54) is 36.5 Å². The molecule has 0 saturated carbocycles. The van der Waals surface area contributed by atoms with E-state index in [0.717, 1.165) is 33.7 Å². The molecule has 0 fully saturated rings. The summed E-state index contributed by atoms with van der Waals surface area (Å²) in [5.41, 5.74) is 7.46. The van der Waals surface area contributed by atoms with Gasteiger partial charge in [-0.2, -0.15) is 9.97 Å². The van der Waals surface area contributed by atoms with Crippen LogP contribution in [0.15, 0.2) is 140 Å². The standard InChI is InChI=1S/C39H23N5S/c1-3-12-24(13-4-1)37-40-38(25-14-5-2-6-15-25)42-39(41-37)43-30-18-8-9-19-31(30)44-34-27(17-11-20-32(34)43)28-22-23-29-26-16-7-10-21-33(26)45-36(29)35(28)44/h1-23H. The molecule has 3 aromatic heterocycles. The minimum atomic E-state index is 0.589. The summed E-state index contributed by atoms with van der Waals surface area (Å²) in [6.07, 6.45) is 0. The van der Waals surface area contributed by atoms with Crippen LogP contribution in [0.4, 0.5) is 17.3 Å². The van der Waals surface area contributed by atoms with Crippen LogP contribution in [-0.2, 0) is 0 Å². The van der Waals surface area contributed by atoms with Crippen LogP contribution < -0.4 is 4.90 Å². The average molecular weight is 594 g/mol. The number of benzene rings is 6. The summed E-state index contributed by atoms with van der Waals surface area (Å²) in [7, 11) is 0. The van der Waals surface area contributed by atoms with Crippen molar-refractivity contribution in [1.82, 2.24) is 19.5 Å². The second-order valence-corrected chi connectivity index (χ2v) is 12.3. The zero-order valence-corrected chi connectivity index (χ0v) is 24.7. The molecule has 5 nitrogen and oxygen atoms in total. The predicted molar refractivity (Wildman–Crippen MR) is 186 cm³/mol. The number of nitrogens with zero attached hydrogens (tertiary/aromatic N) is 5. The quantitative estimate of drug-likeness (QED) is 0.204. The van der Waals surface area contributed by atoms with Crippen LogP contribution in [-0.4, -0.2) is 19.5 Å². The highest BCUT2D eigenvalue weighted by Gasteiger charge is 2.31.